The minimum atomic E-state index is 0.607. The molecule has 0 spiro atoms. The van der Waals surface area contributed by atoms with Gasteiger partial charge in [0.05, 0.1) is 3.57 Å². The van der Waals surface area contributed by atoms with Gasteiger partial charge in [-0.05, 0) is 35.4 Å². The van der Waals surface area contributed by atoms with Crippen molar-refractivity contribution in [2.45, 2.75) is 38.1 Å². The van der Waals surface area contributed by atoms with Crippen molar-refractivity contribution in [3.63, 3.8) is 0 Å². The summed E-state index contributed by atoms with van der Waals surface area (Å²) in [6.07, 6.45) is 10.0. The fourth-order valence-corrected chi connectivity index (χ4v) is 3.12. The first-order valence-corrected chi connectivity index (χ1v) is 7.33. The maximum Gasteiger partial charge on any atom is 0.145 e. The Labute approximate surface area is 116 Å². The first-order valence-electron chi connectivity index (χ1n) is 6.25. The van der Waals surface area contributed by atoms with Gasteiger partial charge < -0.3 is 10.6 Å². The van der Waals surface area contributed by atoms with E-state index in [0.717, 1.165) is 15.9 Å². The quantitative estimate of drug-likeness (QED) is 0.849. The molecular weight excluding hydrogens is 327 g/mol. The second-order valence-electron chi connectivity index (χ2n) is 4.47. The lowest BCUT2D eigenvalue weighted by Gasteiger charge is -2.35. The summed E-state index contributed by atoms with van der Waals surface area (Å²) < 4.78 is 1.11. The minimum Gasteiger partial charge on any atom is -0.351 e. The van der Waals surface area contributed by atoms with Crippen molar-refractivity contribution in [3.8, 4) is 0 Å². The molecule has 1 aliphatic carbocycles. The van der Waals surface area contributed by atoms with E-state index >= 15 is 0 Å². The standard InChI is InChI=1S/C12H19IN4/c13-11-8-15-9-16-12(11)17(7-6-14)10-4-2-1-3-5-10/h8-10H,1-7,14H2. The monoisotopic (exact) mass is 346 g/mol. The normalized spacial score (nSPS) is 17.1. The lowest BCUT2D eigenvalue weighted by atomic mass is 9.94. The van der Waals surface area contributed by atoms with Crippen LogP contribution in [0.15, 0.2) is 12.5 Å². The van der Waals surface area contributed by atoms with Crippen molar-refractivity contribution < 1.29 is 0 Å². The van der Waals surface area contributed by atoms with E-state index in [0.29, 0.717) is 12.6 Å². The summed E-state index contributed by atoms with van der Waals surface area (Å²) in [7, 11) is 0. The molecule has 4 nitrogen and oxygen atoms in total. The van der Waals surface area contributed by atoms with Crippen molar-refractivity contribution in [2.24, 2.45) is 5.73 Å². The van der Waals surface area contributed by atoms with Gasteiger partial charge in [0.25, 0.3) is 0 Å². The maximum atomic E-state index is 5.74. The van der Waals surface area contributed by atoms with Crippen LogP contribution >= 0.6 is 22.6 Å². The fraction of sp³-hybridized carbons (Fsp3) is 0.667. The van der Waals surface area contributed by atoms with Gasteiger partial charge in [-0.2, -0.15) is 0 Å². The van der Waals surface area contributed by atoms with Gasteiger partial charge in [0, 0.05) is 25.3 Å². The highest BCUT2D eigenvalue weighted by Crippen LogP contribution is 2.28. The molecule has 0 bridgehead atoms. The number of aromatic nitrogens is 2. The number of nitrogens with zero attached hydrogens (tertiary/aromatic N) is 3. The molecule has 0 aliphatic heterocycles. The molecule has 2 rings (SSSR count). The smallest absolute Gasteiger partial charge is 0.145 e. The van der Waals surface area contributed by atoms with Gasteiger partial charge in [-0.3, -0.25) is 0 Å². The Morgan fingerprint density at radius 3 is 2.76 bits per heavy atom. The average Bonchev–Trinajstić information content (AvgIpc) is 2.38. The Kier molecular flexibility index (Phi) is 4.97. The molecule has 1 saturated carbocycles. The highest BCUT2D eigenvalue weighted by Gasteiger charge is 2.23. The van der Waals surface area contributed by atoms with Crippen LogP contribution in [0.4, 0.5) is 5.82 Å². The van der Waals surface area contributed by atoms with Crippen molar-refractivity contribution in [1.82, 2.24) is 9.97 Å². The lowest BCUT2D eigenvalue weighted by molar-refractivity contribution is 0.413. The van der Waals surface area contributed by atoms with Crippen LogP contribution in [-0.4, -0.2) is 29.1 Å². The number of halogens is 1. The van der Waals surface area contributed by atoms with E-state index in [9.17, 15) is 0 Å². The molecule has 1 aromatic rings. The van der Waals surface area contributed by atoms with E-state index in [-0.39, 0.29) is 0 Å². The molecule has 0 radical (unpaired) electrons. The summed E-state index contributed by atoms with van der Waals surface area (Å²) >= 11 is 2.30. The van der Waals surface area contributed by atoms with E-state index < -0.39 is 0 Å². The molecule has 94 valence electrons. The summed E-state index contributed by atoms with van der Waals surface area (Å²) in [4.78, 5) is 10.9. The Morgan fingerprint density at radius 1 is 1.35 bits per heavy atom. The van der Waals surface area contributed by atoms with Crippen molar-refractivity contribution in [1.29, 1.82) is 0 Å². The van der Waals surface area contributed by atoms with Crippen molar-refractivity contribution >= 4 is 28.4 Å². The van der Waals surface area contributed by atoms with Gasteiger partial charge in [0.1, 0.15) is 12.1 Å². The molecule has 0 atom stereocenters. The van der Waals surface area contributed by atoms with Gasteiger partial charge in [-0.25, -0.2) is 9.97 Å². The molecule has 1 aliphatic rings. The summed E-state index contributed by atoms with van der Waals surface area (Å²) in [5.41, 5.74) is 5.74. The molecule has 0 aromatic carbocycles. The zero-order valence-electron chi connectivity index (χ0n) is 9.98. The second-order valence-corrected chi connectivity index (χ2v) is 5.63. The lowest BCUT2D eigenvalue weighted by Crippen LogP contribution is -2.41. The van der Waals surface area contributed by atoms with E-state index in [4.69, 9.17) is 5.73 Å². The van der Waals surface area contributed by atoms with Crippen LogP contribution in [0, 0.1) is 3.57 Å². The number of hydrogen-bond acceptors (Lipinski definition) is 4. The Bertz CT molecular complexity index is 352. The number of anilines is 1. The predicted molar refractivity (Wildman–Crippen MR) is 78.0 cm³/mol. The first-order chi connectivity index (χ1) is 8.33. The third-order valence-corrected chi connectivity index (χ3v) is 4.07. The molecule has 17 heavy (non-hydrogen) atoms. The van der Waals surface area contributed by atoms with Crippen LogP contribution in [0.3, 0.4) is 0 Å². The molecule has 5 heteroatoms. The second kappa shape index (κ2) is 6.49. The third-order valence-electron chi connectivity index (χ3n) is 3.31. The number of hydrogen-bond donors (Lipinski definition) is 1. The van der Waals surface area contributed by atoms with Gasteiger partial charge in [-0.1, -0.05) is 19.3 Å². The van der Waals surface area contributed by atoms with Gasteiger partial charge in [0.15, 0.2) is 0 Å². The van der Waals surface area contributed by atoms with Gasteiger partial charge in [0.2, 0.25) is 0 Å². The Balaban J connectivity index is 2.18. The molecule has 0 saturated heterocycles. The minimum absolute atomic E-state index is 0.607. The van der Waals surface area contributed by atoms with Crippen LogP contribution < -0.4 is 10.6 Å². The van der Waals surface area contributed by atoms with E-state index in [1.807, 2.05) is 6.20 Å². The van der Waals surface area contributed by atoms with Crippen LogP contribution in [0.5, 0.6) is 0 Å². The summed E-state index contributed by atoms with van der Waals surface area (Å²) in [5.74, 6) is 1.05. The van der Waals surface area contributed by atoms with Gasteiger partial charge >= 0.3 is 0 Å². The number of rotatable bonds is 4. The predicted octanol–water partition coefficient (Wildman–Crippen LogP) is 2.18. The molecule has 0 amide bonds. The topological polar surface area (TPSA) is 55.0 Å². The third kappa shape index (κ3) is 3.28. The summed E-state index contributed by atoms with van der Waals surface area (Å²) in [6, 6.07) is 0.607. The zero-order chi connectivity index (χ0) is 12.1. The molecule has 0 unspecified atom stereocenters. The largest absolute Gasteiger partial charge is 0.351 e. The zero-order valence-corrected chi connectivity index (χ0v) is 12.1. The van der Waals surface area contributed by atoms with Crippen LogP contribution in [0.1, 0.15) is 32.1 Å². The van der Waals surface area contributed by atoms with Crippen molar-refractivity contribution in [2.75, 3.05) is 18.0 Å². The maximum absolute atomic E-state index is 5.74. The van der Waals surface area contributed by atoms with Crippen LogP contribution in [-0.2, 0) is 0 Å². The molecule has 1 fully saturated rings. The Hall–Kier alpha value is -0.430. The molecule has 1 heterocycles. The van der Waals surface area contributed by atoms with E-state index in [2.05, 4.69) is 37.5 Å². The molecule has 1 aromatic heterocycles. The molecule has 2 N–H and O–H groups in total. The number of nitrogens with two attached hydrogens (primary N) is 1. The van der Waals surface area contributed by atoms with Crippen LogP contribution in [0.2, 0.25) is 0 Å². The first kappa shape index (κ1) is 13.0. The van der Waals surface area contributed by atoms with Crippen molar-refractivity contribution in [3.05, 3.63) is 16.1 Å². The SMILES string of the molecule is NCCN(c1ncncc1I)C1CCCCC1. The highest BCUT2D eigenvalue weighted by molar-refractivity contribution is 14.1. The highest BCUT2D eigenvalue weighted by atomic mass is 127. The summed E-state index contributed by atoms with van der Waals surface area (Å²) in [6.45, 7) is 1.56. The van der Waals surface area contributed by atoms with Gasteiger partial charge in [-0.15, -0.1) is 0 Å². The van der Waals surface area contributed by atoms with E-state index in [1.165, 1.54) is 32.1 Å². The van der Waals surface area contributed by atoms with Crippen LogP contribution in [0.25, 0.3) is 0 Å². The molecular formula is C12H19IN4. The average molecular weight is 346 g/mol. The Morgan fingerprint density at radius 2 is 2.12 bits per heavy atom. The fourth-order valence-electron chi connectivity index (χ4n) is 2.51. The summed E-state index contributed by atoms with van der Waals surface area (Å²) in [5, 5.41) is 0. The van der Waals surface area contributed by atoms with E-state index in [1.54, 1.807) is 6.33 Å².